The van der Waals surface area contributed by atoms with E-state index in [9.17, 15) is 9.59 Å². The van der Waals surface area contributed by atoms with Gasteiger partial charge in [0.2, 0.25) is 0 Å². The average Bonchev–Trinajstić information content (AvgIpc) is 2.94. The second-order valence-corrected chi connectivity index (χ2v) is 6.58. The van der Waals surface area contributed by atoms with Crippen molar-refractivity contribution in [2.45, 2.75) is 19.8 Å². The second-order valence-electron chi connectivity index (χ2n) is 6.58. The molecule has 0 saturated carbocycles. The van der Waals surface area contributed by atoms with Gasteiger partial charge < -0.3 is 10.1 Å². The van der Waals surface area contributed by atoms with E-state index in [0.717, 1.165) is 16.8 Å². The Morgan fingerprint density at radius 3 is 2.00 bits per heavy atom. The molecule has 28 heavy (non-hydrogen) atoms. The molecule has 6 heteroatoms. The Bertz CT molecular complexity index is 926. The standard InChI is InChI=1S/C22H23N3O3/c1-15-21(16(2)25(3)24-15)23-19(26)14-28-22(27)20(17-10-6-4-7-11-17)18-12-8-5-9-13-18/h4-13,20H,14H2,1-3H3,(H,23,26). The zero-order valence-electron chi connectivity index (χ0n) is 16.2. The molecule has 0 radical (unpaired) electrons. The quantitative estimate of drug-likeness (QED) is 0.669. The molecule has 1 heterocycles. The predicted molar refractivity (Wildman–Crippen MR) is 107 cm³/mol. The van der Waals surface area contributed by atoms with E-state index in [0.29, 0.717) is 11.4 Å². The van der Waals surface area contributed by atoms with Gasteiger partial charge in [0, 0.05) is 7.05 Å². The summed E-state index contributed by atoms with van der Waals surface area (Å²) in [5, 5.41) is 7.03. The maximum Gasteiger partial charge on any atom is 0.318 e. The monoisotopic (exact) mass is 377 g/mol. The second kappa shape index (κ2) is 8.52. The van der Waals surface area contributed by atoms with Gasteiger partial charge in [-0.2, -0.15) is 5.10 Å². The first-order valence-electron chi connectivity index (χ1n) is 9.04. The molecular formula is C22H23N3O3. The van der Waals surface area contributed by atoms with Crippen molar-refractivity contribution in [3.05, 3.63) is 83.2 Å². The average molecular weight is 377 g/mol. The number of nitrogens with zero attached hydrogens (tertiary/aromatic N) is 2. The third-order valence-corrected chi connectivity index (χ3v) is 4.62. The first kappa shape index (κ1) is 19.4. The van der Waals surface area contributed by atoms with E-state index in [1.807, 2.05) is 81.6 Å². The van der Waals surface area contributed by atoms with Crippen molar-refractivity contribution in [3.8, 4) is 0 Å². The van der Waals surface area contributed by atoms with E-state index in [1.165, 1.54) is 0 Å². The number of hydrogen-bond acceptors (Lipinski definition) is 4. The fraction of sp³-hybridized carbons (Fsp3) is 0.227. The van der Waals surface area contributed by atoms with Gasteiger partial charge in [-0.1, -0.05) is 60.7 Å². The van der Waals surface area contributed by atoms with Gasteiger partial charge in [-0.3, -0.25) is 14.3 Å². The maximum atomic E-state index is 12.8. The predicted octanol–water partition coefficient (Wildman–Crippen LogP) is 3.35. The molecular weight excluding hydrogens is 354 g/mol. The van der Waals surface area contributed by atoms with E-state index in [-0.39, 0.29) is 6.61 Å². The summed E-state index contributed by atoms with van der Waals surface area (Å²) in [4.78, 5) is 25.1. The van der Waals surface area contributed by atoms with Crippen molar-refractivity contribution in [3.63, 3.8) is 0 Å². The lowest BCUT2D eigenvalue weighted by Crippen LogP contribution is -2.25. The van der Waals surface area contributed by atoms with E-state index in [1.54, 1.807) is 4.68 Å². The number of carbonyl (C=O) groups is 2. The molecule has 3 aromatic rings. The summed E-state index contributed by atoms with van der Waals surface area (Å²) in [5.41, 5.74) is 3.83. The van der Waals surface area contributed by atoms with Crippen molar-refractivity contribution in [1.29, 1.82) is 0 Å². The molecule has 0 aliphatic heterocycles. The van der Waals surface area contributed by atoms with Crippen molar-refractivity contribution >= 4 is 17.6 Å². The summed E-state index contributed by atoms with van der Waals surface area (Å²) in [6.07, 6.45) is 0. The zero-order valence-corrected chi connectivity index (χ0v) is 16.2. The van der Waals surface area contributed by atoms with Crippen LogP contribution in [0.2, 0.25) is 0 Å². The summed E-state index contributed by atoms with van der Waals surface area (Å²) in [5.74, 6) is -1.45. The lowest BCUT2D eigenvalue weighted by atomic mass is 9.91. The fourth-order valence-corrected chi connectivity index (χ4v) is 3.11. The third kappa shape index (κ3) is 4.28. The summed E-state index contributed by atoms with van der Waals surface area (Å²) in [6.45, 7) is 3.32. The molecule has 0 aliphatic carbocycles. The molecule has 1 aromatic heterocycles. The summed E-state index contributed by atoms with van der Waals surface area (Å²) in [6, 6.07) is 18.8. The Hall–Kier alpha value is -3.41. The molecule has 0 fully saturated rings. The summed E-state index contributed by atoms with van der Waals surface area (Å²) in [7, 11) is 1.81. The number of aryl methyl sites for hydroxylation is 2. The van der Waals surface area contributed by atoms with Crippen LogP contribution in [0.4, 0.5) is 5.69 Å². The van der Waals surface area contributed by atoms with E-state index >= 15 is 0 Å². The Morgan fingerprint density at radius 2 is 1.54 bits per heavy atom. The normalized spacial score (nSPS) is 10.7. The molecule has 0 aliphatic rings. The van der Waals surface area contributed by atoms with Crippen LogP contribution >= 0.6 is 0 Å². The van der Waals surface area contributed by atoms with Gasteiger partial charge in [0.05, 0.1) is 17.1 Å². The smallest absolute Gasteiger partial charge is 0.318 e. The van der Waals surface area contributed by atoms with E-state index in [4.69, 9.17) is 4.74 Å². The zero-order chi connectivity index (χ0) is 20.1. The topological polar surface area (TPSA) is 73.2 Å². The van der Waals surface area contributed by atoms with Crippen LogP contribution in [0.5, 0.6) is 0 Å². The molecule has 0 atom stereocenters. The van der Waals surface area contributed by atoms with E-state index in [2.05, 4.69) is 10.4 Å². The Kier molecular flexibility index (Phi) is 5.89. The van der Waals surface area contributed by atoms with Gasteiger partial charge in [-0.05, 0) is 25.0 Å². The minimum Gasteiger partial charge on any atom is -0.455 e. The number of nitrogens with one attached hydrogen (secondary N) is 1. The fourth-order valence-electron chi connectivity index (χ4n) is 3.11. The Morgan fingerprint density at radius 1 is 1.00 bits per heavy atom. The van der Waals surface area contributed by atoms with Crippen LogP contribution in [0, 0.1) is 13.8 Å². The van der Waals surface area contributed by atoms with Gasteiger partial charge in [0.15, 0.2) is 6.61 Å². The molecule has 0 bridgehead atoms. The minimum atomic E-state index is -0.586. The van der Waals surface area contributed by atoms with Crippen LogP contribution in [0.1, 0.15) is 28.4 Å². The number of aromatic nitrogens is 2. The minimum absolute atomic E-state index is 0.358. The van der Waals surface area contributed by atoms with Crippen molar-refractivity contribution in [2.75, 3.05) is 11.9 Å². The molecule has 6 nitrogen and oxygen atoms in total. The number of rotatable bonds is 6. The first-order valence-corrected chi connectivity index (χ1v) is 9.04. The SMILES string of the molecule is Cc1nn(C)c(C)c1NC(=O)COC(=O)C(c1ccccc1)c1ccccc1. The van der Waals surface area contributed by atoms with Crippen LogP contribution in [-0.4, -0.2) is 28.3 Å². The van der Waals surface area contributed by atoms with Gasteiger partial charge in [-0.25, -0.2) is 0 Å². The molecule has 3 rings (SSSR count). The number of esters is 1. The number of benzene rings is 2. The van der Waals surface area contributed by atoms with Crippen LogP contribution in [-0.2, 0) is 21.4 Å². The van der Waals surface area contributed by atoms with E-state index < -0.39 is 17.8 Å². The number of ether oxygens (including phenoxy) is 1. The highest BCUT2D eigenvalue weighted by Crippen LogP contribution is 2.26. The lowest BCUT2D eigenvalue weighted by Gasteiger charge is -2.17. The van der Waals surface area contributed by atoms with Gasteiger partial charge in [0.25, 0.3) is 5.91 Å². The number of carbonyl (C=O) groups excluding carboxylic acids is 2. The van der Waals surface area contributed by atoms with Crippen LogP contribution in [0.15, 0.2) is 60.7 Å². The first-order chi connectivity index (χ1) is 13.5. The van der Waals surface area contributed by atoms with Gasteiger partial charge in [-0.15, -0.1) is 0 Å². The maximum absolute atomic E-state index is 12.8. The van der Waals surface area contributed by atoms with Crippen molar-refractivity contribution < 1.29 is 14.3 Å². The highest BCUT2D eigenvalue weighted by atomic mass is 16.5. The Balaban J connectivity index is 1.71. The van der Waals surface area contributed by atoms with Crippen molar-refractivity contribution in [2.24, 2.45) is 7.05 Å². The third-order valence-electron chi connectivity index (χ3n) is 4.62. The van der Waals surface area contributed by atoms with Crippen molar-refractivity contribution in [1.82, 2.24) is 9.78 Å². The van der Waals surface area contributed by atoms with Gasteiger partial charge in [0.1, 0.15) is 5.92 Å². The molecule has 144 valence electrons. The number of anilines is 1. The summed E-state index contributed by atoms with van der Waals surface area (Å²) < 4.78 is 7.05. The molecule has 0 spiro atoms. The highest BCUT2D eigenvalue weighted by molar-refractivity contribution is 5.94. The number of hydrogen-bond donors (Lipinski definition) is 1. The largest absolute Gasteiger partial charge is 0.455 e. The molecule has 1 amide bonds. The van der Waals surface area contributed by atoms with Crippen LogP contribution in [0.3, 0.4) is 0 Å². The molecule has 0 saturated heterocycles. The lowest BCUT2D eigenvalue weighted by molar-refractivity contribution is -0.147. The van der Waals surface area contributed by atoms with Crippen LogP contribution in [0.25, 0.3) is 0 Å². The molecule has 2 aromatic carbocycles. The molecule has 0 unspecified atom stereocenters. The number of amides is 1. The van der Waals surface area contributed by atoms with Crippen LogP contribution < -0.4 is 5.32 Å². The summed E-state index contributed by atoms with van der Waals surface area (Å²) >= 11 is 0. The van der Waals surface area contributed by atoms with Gasteiger partial charge >= 0.3 is 5.97 Å². The Labute approximate surface area is 164 Å². The highest BCUT2D eigenvalue weighted by Gasteiger charge is 2.25. The molecule has 1 N–H and O–H groups in total.